The van der Waals surface area contributed by atoms with Crippen LogP contribution < -0.4 is 10.6 Å². The van der Waals surface area contributed by atoms with Gasteiger partial charge in [0, 0.05) is 12.2 Å². The van der Waals surface area contributed by atoms with Crippen LogP contribution in [0.5, 0.6) is 0 Å². The van der Waals surface area contributed by atoms with E-state index in [-0.39, 0.29) is 30.2 Å². The first-order valence-electron chi connectivity index (χ1n) is 6.99. The van der Waals surface area contributed by atoms with E-state index >= 15 is 0 Å². The van der Waals surface area contributed by atoms with E-state index in [4.69, 9.17) is 4.74 Å². The summed E-state index contributed by atoms with van der Waals surface area (Å²) in [5.41, 5.74) is 1.32. The van der Waals surface area contributed by atoms with Crippen LogP contribution in [-0.4, -0.2) is 45.4 Å². The molecule has 8 heteroatoms. The van der Waals surface area contributed by atoms with Gasteiger partial charge in [0.25, 0.3) is 0 Å². The minimum atomic E-state index is -3.19. The van der Waals surface area contributed by atoms with Crippen molar-refractivity contribution in [3.8, 4) is 0 Å². The van der Waals surface area contributed by atoms with Gasteiger partial charge in [0.05, 0.1) is 23.4 Å². The molecule has 0 aromatic heterocycles. The van der Waals surface area contributed by atoms with Crippen molar-refractivity contribution in [3.05, 3.63) is 23.8 Å². The van der Waals surface area contributed by atoms with E-state index in [0.717, 1.165) is 5.56 Å². The van der Waals surface area contributed by atoms with Gasteiger partial charge in [0.1, 0.15) is 6.04 Å². The number of aryl methyl sites for hydroxylation is 1. The number of morpholine rings is 1. The molecule has 0 aliphatic carbocycles. The molecule has 3 rings (SSSR count). The summed E-state index contributed by atoms with van der Waals surface area (Å²) < 4.78 is 29.2. The van der Waals surface area contributed by atoms with Crippen LogP contribution >= 0.6 is 12.4 Å². The Morgan fingerprint density at radius 3 is 2.91 bits per heavy atom. The molecular formula is C14H19ClN2O4S. The molecule has 0 saturated carbocycles. The molecule has 1 amide bonds. The molecule has 1 aromatic carbocycles. The predicted octanol–water partition coefficient (Wildman–Crippen LogP) is 0.754. The molecule has 2 N–H and O–H groups in total. The van der Waals surface area contributed by atoms with E-state index in [2.05, 4.69) is 10.6 Å². The molecule has 0 spiro atoms. The smallest absolute Gasteiger partial charge is 0.244 e. The van der Waals surface area contributed by atoms with Gasteiger partial charge in [0.2, 0.25) is 5.91 Å². The van der Waals surface area contributed by atoms with Gasteiger partial charge in [-0.15, -0.1) is 12.4 Å². The fourth-order valence-electron chi connectivity index (χ4n) is 2.73. The summed E-state index contributed by atoms with van der Waals surface area (Å²) in [5.74, 6) is -0.0630. The fraction of sp³-hybridized carbons (Fsp3) is 0.500. The molecule has 0 unspecified atom stereocenters. The summed E-state index contributed by atoms with van der Waals surface area (Å²) in [6.45, 7) is 3.05. The van der Waals surface area contributed by atoms with Crippen LogP contribution in [0.1, 0.15) is 12.5 Å². The molecule has 122 valence electrons. The van der Waals surface area contributed by atoms with Gasteiger partial charge in [0.15, 0.2) is 9.84 Å². The van der Waals surface area contributed by atoms with Crippen LogP contribution in [0.25, 0.3) is 0 Å². The zero-order valence-electron chi connectivity index (χ0n) is 12.2. The number of amides is 1. The van der Waals surface area contributed by atoms with Crippen LogP contribution in [0.3, 0.4) is 0 Å². The molecule has 0 bridgehead atoms. The number of fused-ring (bicyclic) bond motifs is 1. The lowest BCUT2D eigenvalue weighted by Crippen LogP contribution is -2.53. The Morgan fingerprint density at radius 2 is 2.18 bits per heavy atom. The lowest BCUT2D eigenvalue weighted by atomic mass is 10.1. The average Bonchev–Trinajstić information content (AvgIpc) is 2.75. The molecule has 0 radical (unpaired) electrons. The van der Waals surface area contributed by atoms with E-state index in [9.17, 15) is 13.2 Å². The summed E-state index contributed by atoms with van der Waals surface area (Å²) in [5, 5.41) is 5.87. The van der Waals surface area contributed by atoms with Gasteiger partial charge >= 0.3 is 0 Å². The Kier molecular flexibility index (Phi) is 5.11. The molecule has 2 aliphatic rings. The largest absolute Gasteiger partial charge is 0.375 e. The summed E-state index contributed by atoms with van der Waals surface area (Å²) in [6, 6.07) is 4.63. The van der Waals surface area contributed by atoms with Gasteiger partial charge in [-0.05, 0) is 31.0 Å². The minimum Gasteiger partial charge on any atom is -0.375 e. The summed E-state index contributed by atoms with van der Waals surface area (Å²) >= 11 is 0. The highest BCUT2D eigenvalue weighted by molar-refractivity contribution is 7.91. The maximum atomic E-state index is 12.2. The molecular weight excluding hydrogens is 328 g/mol. The van der Waals surface area contributed by atoms with E-state index in [1.165, 1.54) is 0 Å². The number of benzene rings is 1. The van der Waals surface area contributed by atoms with E-state index < -0.39 is 15.9 Å². The molecule has 2 aliphatic heterocycles. The van der Waals surface area contributed by atoms with Crippen molar-refractivity contribution in [3.63, 3.8) is 0 Å². The normalized spacial score (nSPS) is 25.9. The van der Waals surface area contributed by atoms with Gasteiger partial charge < -0.3 is 15.4 Å². The average molecular weight is 347 g/mol. The minimum absolute atomic E-state index is 0. The summed E-state index contributed by atoms with van der Waals surface area (Å²) in [7, 11) is -3.19. The first kappa shape index (κ1) is 17.2. The SMILES string of the molecule is C[C@H]1OCCN[C@@H]1C(=O)Nc1ccc2c(c1)S(=O)(=O)CC2.Cl. The number of carbonyl (C=O) groups is 1. The molecule has 1 aromatic rings. The highest BCUT2D eigenvalue weighted by Gasteiger charge is 2.30. The van der Waals surface area contributed by atoms with Crippen LogP contribution in [-0.2, 0) is 25.8 Å². The summed E-state index contributed by atoms with van der Waals surface area (Å²) in [6.07, 6.45) is 0.331. The number of ether oxygens (including phenoxy) is 1. The van der Waals surface area contributed by atoms with Crippen molar-refractivity contribution in [2.45, 2.75) is 30.4 Å². The Hall–Kier alpha value is -1.15. The molecule has 2 heterocycles. The Morgan fingerprint density at radius 1 is 1.41 bits per heavy atom. The molecule has 1 fully saturated rings. The zero-order chi connectivity index (χ0) is 15.0. The Bertz CT molecular complexity index is 677. The second-order valence-electron chi connectivity index (χ2n) is 5.39. The number of halogens is 1. The lowest BCUT2D eigenvalue weighted by Gasteiger charge is -2.29. The Balaban J connectivity index is 0.00000176. The molecule has 6 nitrogen and oxygen atoms in total. The number of carbonyl (C=O) groups excluding carboxylic acids is 1. The van der Waals surface area contributed by atoms with Crippen molar-refractivity contribution in [1.82, 2.24) is 5.32 Å². The number of sulfone groups is 1. The number of nitrogens with one attached hydrogen (secondary N) is 2. The van der Waals surface area contributed by atoms with E-state index in [1.807, 2.05) is 6.92 Å². The van der Waals surface area contributed by atoms with Crippen molar-refractivity contribution in [2.75, 3.05) is 24.2 Å². The predicted molar refractivity (Wildman–Crippen MR) is 85.3 cm³/mol. The maximum Gasteiger partial charge on any atom is 0.244 e. The highest BCUT2D eigenvalue weighted by atomic mass is 35.5. The van der Waals surface area contributed by atoms with Crippen LogP contribution in [0, 0.1) is 0 Å². The quantitative estimate of drug-likeness (QED) is 0.825. The van der Waals surface area contributed by atoms with E-state index in [0.29, 0.717) is 30.2 Å². The molecule has 1 saturated heterocycles. The first-order valence-corrected chi connectivity index (χ1v) is 8.64. The third kappa shape index (κ3) is 3.27. The lowest BCUT2D eigenvalue weighted by molar-refractivity contribution is -0.123. The third-order valence-corrected chi connectivity index (χ3v) is 5.70. The second kappa shape index (κ2) is 6.54. The topological polar surface area (TPSA) is 84.5 Å². The van der Waals surface area contributed by atoms with Crippen LogP contribution in [0.15, 0.2) is 23.1 Å². The van der Waals surface area contributed by atoms with Gasteiger partial charge in [-0.3, -0.25) is 4.79 Å². The monoisotopic (exact) mass is 346 g/mol. The Labute approximate surface area is 135 Å². The third-order valence-electron chi connectivity index (χ3n) is 3.91. The standard InChI is InChI=1S/C14H18N2O4S.ClH/c1-9-13(15-5-6-20-9)14(17)16-11-3-2-10-4-7-21(18,19)12(10)8-11;/h2-3,8-9,13,15H,4-7H2,1H3,(H,16,17);1H/t9-,13+;/m1./s1. The zero-order valence-corrected chi connectivity index (χ0v) is 13.8. The number of hydrogen-bond acceptors (Lipinski definition) is 5. The molecule has 2 atom stereocenters. The second-order valence-corrected chi connectivity index (χ2v) is 7.47. The van der Waals surface area contributed by atoms with Crippen molar-refractivity contribution in [1.29, 1.82) is 0 Å². The number of hydrogen-bond donors (Lipinski definition) is 2. The maximum absolute atomic E-state index is 12.2. The van der Waals surface area contributed by atoms with Gasteiger partial charge in [-0.2, -0.15) is 0 Å². The number of anilines is 1. The van der Waals surface area contributed by atoms with Gasteiger partial charge in [-0.1, -0.05) is 6.07 Å². The molecule has 22 heavy (non-hydrogen) atoms. The summed E-state index contributed by atoms with van der Waals surface area (Å²) in [4.78, 5) is 12.6. The number of rotatable bonds is 2. The van der Waals surface area contributed by atoms with Gasteiger partial charge in [-0.25, -0.2) is 8.42 Å². The first-order chi connectivity index (χ1) is 9.97. The van der Waals surface area contributed by atoms with E-state index in [1.54, 1.807) is 18.2 Å². The van der Waals surface area contributed by atoms with Crippen LogP contribution in [0.2, 0.25) is 0 Å². The van der Waals surface area contributed by atoms with Crippen molar-refractivity contribution in [2.24, 2.45) is 0 Å². The highest BCUT2D eigenvalue weighted by Crippen LogP contribution is 2.28. The fourth-order valence-corrected chi connectivity index (χ4v) is 4.31. The van der Waals surface area contributed by atoms with Crippen molar-refractivity contribution >= 4 is 33.8 Å². The van der Waals surface area contributed by atoms with Crippen molar-refractivity contribution < 1.29 is 17.9 Å². The van der Waals surface area contributed by atoms with Crippen LogP contribution in [0.4, 0.5) is 5.69 Å².